The van der Waals surface area contributed by atoms with E-state index in [-0.39, 0.29) is 15.1 Å². The Morgan fingerprint density at radius 1 is 1.19 bits per heavy atom. The van der Waals surface area contributed by atoms with Gasteiger partial charge >= 0.3 is 0 Å². The first-order chi connectivity index (χ1) is 9.70. The molecule has 9 heteroatoms. The van der Waals surface area contributed by atoms with Crippen LogP contribution in [0, 0.1) is 11.6 Å². The Hall–Kier alpha value is -1.38. The SMILES string of the molecule is Nc1ccc(Br)c(S(=O)(=O)Nc2c(F)cc(F)cc2Cl)c1. The summed E-state index contributed by atoms with van der Waals surface area (Å²) in [4.78, 5) is -0.192. The largest absolute Gasteiger partial charge is 0.399 e. The van der Waals surface area contributed by atoms with Crippen molar-refractivity contribution in [1.82, 2.24) is 0 Å². The Labute approximate surface area is 133 Å². The third kappa shape index (κ3) is 3.45. The third-order valence-corrected chi connectivity index (χ3v) is 5.13. The molecular formula is C12H8BrClF2N2O2S. The van der Waals surface area contributed by atoms with Gasteiger partial charge in [0.15, 0.2) is 5.82 Å². The lowest BCUT2D eigenvalue weighted by Crippen LogP contribution is -2.15. The topological polar surface area (TPSA) is 72.2 Å². The summed E-state index contributed by atoms with van der Waals surface area (Å²) in [6.45, 7) is 0. The lowest BCUT2D eigenvalue weighted by Gasteiger charge is -2.12. The van der Waals surface area contributed by atoms with E-state index in [0.29, 0.717) is 6.07 Å². The molecule has 0 aliphatic heterocycles. The Morgan fingerprint density at radius 3 is 2.48 bits per heavy atom. The number of nitrogens with two attached hydrogens (primary N) is 1. The Bertz CT molecular complexity index is 792. The number of hydrogen-bond acceptors (Lipinski definition) is 3. The molecule has 3 N–H and O–H groups in total. The standard InChI is InChI=1S/C12H8BrClF2N2O2S/c13-8-2-1-7(17)5-11(8)21(19,20)18-12-9(14)3-6(15)4-10(12)16/h1-5,18H,17H2. The van der Waals surface area contributed by atoms with Crippen LogP contribution in [-0.4, -0.2) is 8.42 Å². The molecule has 0 atom stereocenters. The van der Waals surface area contributed by atoms with Crippen LogP contribution >= 0.6 is 27.5 Å². The van der Waals surface area contributed by atoms with Crippen LogP contribution in [0.15, 0.2) is 39.7 Å². The molecule has 2 aromatic carbocycles. The molecule has 0 aliphatic carbocycles. The van der Waals surface area contributed by atoms with Crippen LogP contribution < -0.4 is 10.5 Å². The number of nitrogen functional groups attached to an aromatic ring is 1. The number of hydrogen-bond donors (Lipinski definition) is 2. The van der Waals surface area contributed by atoms with Gasteiger partial charge in [0.2, 0.25) is 0 Å². The summed E-state index contributed by atoms with van der Waals surface area (Å²) in [6.07, 6.45) is 0. The van der Waals surface area contributed by atoms with Crippen molar-refractivity contribution in [3.8, 4) is 0 Å². The van der Waals surface area contributed by atoms with Gasteiger partial charge in [0.05, 0.1) is 5.02 Å². The van der Waals surface area contributed by atoms with Gasteiger partial charge < -0.3 is 5.73 Å². The van der Waals surface area contributed by atoms with E-state index in [2.05, 4.69) is 15.9 Å². The summed E-state index contributed by atoms with van der Waals surface area (Å²) in [5, 5.41) is -0.392. The normalized spacial score (nSPS) is 11.4. The van der Waals surface area contributed by atoms with Crippen LogP contribution in [0.25, 0.3) is 0 Å². The molecule has 0 radical (unpaired) electrons. The van der Waals surface area contributed by atoms with Gasteiger partial charge in [-0.15, -0.1) is 0 Å². The fourth-order valence-corrected chi connectivity index (χ4v) is 3.94. The molecule has 2 rings (SSSR count). The first kappa shape index (κ1) is 16.0. The third-order valence-electron chi connectivity index (χ3n) is 2.49. The van der Waals surface area contributed by atoms with Crippen molar-refractivity contribution in [2.75, 3.05) is 10.5 Å². The number of sulfonamides is 1. The van der Waals surface area contributed by atoms with Gasteiger partial charge in [-0.1, -0.05) is 11.6 Å². The van der Waals surface area contributed by atoms with Crippen LogP contribution in [0.1, 0.15) is 0 Å². The highest BCUT2D eigenvalue weighted by atomic mass is 79.9. The minimum absolute atomic E-state index is 0.192. The molecule has 0 aromatic heterocycles. The number of halogens is 4. The van der Waals surface area contributed by atoms with Gasteiger partial charge in [0.1, 0.15) is 16.4 Å². The van der Waals surface area contributed by atoms with Gasteiger partial charge in [-0.2, -0.15) is 0 Å². The van der Waals surface area contributed by atoms with Crippen molar-refractivity contribution >= 4 is 48.9 Å². The van der Waals surface area contributed by atoms with Gasteiger partial charge in [-0.05, 0) is 40.2 Å². The zero-order chi connectivity index (χ0) is 15.8. The van der Waals surface area contributed by atoms with Crippen LogP contribution in [0.4, 0.5) is 20.2 Å². The zero-order valence-electron chi connectivity index (χ0n) is 10.2. The molecule has 0 saturated carbocycles. The Balaban J connectivity index is 2.50. The van der Waals surface area contributed by atoms with Crippen molar-refractivity contribution in [2.24, 2.45) is 0 Å². The summed E-state index contributed by atoms with van der Waals surface area (Å²) in [5.74, 6) is -2.03. The summed E-state index contributed by atoms with van der Waals surface area (Å²) in [5.41, 5.74) is 5.21. The maximum atomic E-state index is 13.6. The van der Waals surface area contributed by atoms with E-state index in [0.717, 1.165) is 6.07 Å². The van der Waals surface area contributed by atoms with Crippen molar-refractivity contribution < 1.29 is 17.2 Å². The lowest BCUT2D eigenvalue weighted by molar-refractivity contribution is 0.583. The number of anilines is 2. The fourth-order valence-electron chi connectivity index (χ4n) is 1.55. The minimum Gasteiger partial charge on any atom is -0.399 e. The summed E-state index contributed by atoms with van der Waals surface area (Å²) >= 11 is 8.72. The van der Waals surface area contributed by atoms with E-state index >= 15 is 0 Å². The second-order valence-corrected chi connectivity index (χ2v) is 6.95. The molecular weight excluding hydrogens is 390 g/mol. The Morgan fingerprint density at radius 2 is 1.86 bits per heavy atom. The molecule has 0 heterocycles. The minimum atomic E-state index is -4.15. The van der Waals surface area contributed by atoms with E-state index in [1.165, 1.54) is 18.2 Å². The molecule has 0 unspecified atom stereocenters. The monoisotopic (exact) mass is 396 g/mol. The highest BCUT2D eigenvalue weighted by molar-refractivity contribution is 9.10. The van der Waals surface area contributed by atoms with E-state index in [4.69, 9.17) is 17.3 Å². The first-order valence-electron chi connectivity index (χ1n) is 5.43. The molecule has 0 fully saturated rings. The first-order valence-corrected chi connectivity index (χ1v) is 8.08. The molecule has 0 spiro atoms. The van der Waals surface area contributed by atoms with E-state index in [1.807, 2.05) is 4.72 Å². The van der Waals surface area contributed by atoms with Gasteiger partial charge in [0.25, 0.3) is 10.0 Å². The predicted octanol–water partition coefficient (Wildman–Crippen LogP) is 3.76. The molecule has 0 amide bonds. The second kappa shape index (κ2) is 5.78. The van der Waals surface area contributed by atoms with Crippen molar-refractivity contribution in [3.05, 3.63) is 51.5 Å². The maximum Gasteiger partial charge on any atom is 0.263 e. The second-order valence-electron chi connectivity index (χ2n) is 4.04. The van der Waals surface area contributed by atoms with Gasteiger partial charge in [-0.25, -0.2) is 17.2 Å². The van der Waals surface area contributed by atoms with Crippen LogP contribution in [-0.2, 0) is 10.0 Å². The highest BCUT2D eigenvalue weighted by Gasteiger charge is 2.22. The summed E-state index contributed by atoms with van der Waals surface area (Å²) < 4.78 is 53.3. The van der Waals surface area contributed by atoms with Gasteiger partial charge in [-0.3, -0.25) is 4.72 Å². The summed E-state index contributed by atoms with van der Waals surface area (Å²) in [6, 6.07) is 5.46. The molecule has 2 aromatic rings. The van der Waals surface area contributed by atoms with E-state index < -0.39 is 32.4 Å². The van der Waals surface area contributed by atoms with E-state index in [1.54, 1.807) is 0 Å². The maximum absolute atomic E-state index is 13.6. The Kier molecular flexibility index (Phi) is 4.40. The molecule has 0 aliphatic rings. The summed E-state index contributed by atoms with van der Waals surface area (Å²) in [7, 11) is -4.15. The highest BCUT2D eigenvalue weighted by Crippen LogP contribution is 2.31. The lowest BCUT2D eigenvalue weighted by atomic mass is 10.3. The van der Waals surface area contributed by atoms with Gasteiger partial charge in [0, 0.05) is 16.2 Å². The predicted molar refractivity (Wildman–Crippen MR) is 80.7 cm³/mol. The van der Waals surface area contributed by atoms with Crippen molar-refractivity contribution in [2.45, 2.75) is 4.90 Å². The number of rotatable bonds is 3. The van der Waals surface area contributed by atoms with Crippen molar-refractivity contribution in [3.63, 3.8) is 0 Å². The van der Waals surface area contributed by atoms with Crippen molar-refractivity contribution in [1.29, 1.82) is 0 Å². The molecule has 0 saturated heterocycles. The molecule has 4 nitrogen and oxygen atoms in total. The average molecular weight is 398 g/mol. The van der Waals surface area contributed by atoms with Crippen LogP contribution in [0.5, 0.6) is 0 Å². The number of nitrogens with one attached hydrogen (secondary N) is 1. The van der Waals surface area contributed by atoms with E-state index in [9.17, 15) is 17.2 Å². The smallest absolute Gasteiger partial charge is 0.263 e. The average Bonchev–Trinajstić information content (AvgIpc) is 2.36. The zero-order valence-corrected chi connectivity index (χ0v) is 13.4. The van der Waals surface area contributed by atoms with Crippen LogP contribution in [0.3, 0.4) is 0 Å². The fraction of sp³-hybridized carbons (Fsp3) is 0. The molecule has 112 valence electrons. The molecule has 0 bridgehead atoms. The number of benzene rings is 2. The van der Waals surface area contributed by atoms with Crippen LogP contribution in [0.2, 0.25) is 5.02 Å². The quantitative estimate of drug-likeness (QED) is 0.775. The molecule has 21 heavy (non-hydrogen) atoms.